The van der Waals surface area contributed by atoms with Crippen molar-refractivity contribution in [3.63, 3.8) is 0 Å². The fourth-order valence-electron chi connectivity index (χ4n) is 4.85. The standard InChI is InChI=1S/C26H33N3O2/c30-24-15-7-8-17-29(24)25(23-13-5-2-6-14-23)26(31)27-18-22-12-9-16-28(20-22)19-21-10-3-1-4-11-21/h1-6,10-11,13-14,22,25H,7-9,12,15-20H2,(H,27,31). The van der Waals surface area contributed by atoms with E-state index in [-0.39, 0.29) is 11.8 Å². The van der Waals surface area contributed by atoms with Gasteiger partial charge in [-0.1, -0.05) is 60.7 Å². The van der Waals surface area contributed by atoms with Gasteiger partial charge in [-0.05, 0) is 49.3 Å². The molecule has 2 fully saturated rings. The van der Waals surface area contributed by atoms with E-state index in [0.29, 0.717) is 25.4 Å². The molecular weight excluding hydrogens is 386 g/mol. The maximum atomic E-state index is 13.3. The van der Waals surface area contributed by atoms with Gasteiger partial charge in [-0.25, -0.2) is 0 Å². The molecule has 0 bridgehead atoms. The molecule has 0 spiro atoms. The van der Waals surface area contributed by atoms with Gasteiger partial charge in [-0.2, -0.15) is 0 Å². The summed E-state index contributed by atoms with van der Waals surface area (Å²) in [5.41, 5.74) is 2.23. The molecule has 4 rings (SSSR count). The van der Waals surface area contributed by atoms with Crippen LogP contribution in [0.2, 0.25) is 0 Å². The van der Waals surface area contributed by atoms with Crippen LogP contribution in [0.3, 0.4) is 0 Å². The second kappa shape index (κ2) is 10.6. The molecule has 0 aliphatic carbocycles. The number of carbonyl (C=O) groups excluding carboxylic acids is 2. The molecule has 0 radical (unpaired) electrons. The van der Waals surface area contributed by atoms with Crippen LogP contribution in [0.4, 0.5) is 0 Å². The second-order valence-electron chi connectivity index (χ2n) is 8.83. The molecule has 164 valence electrons. The zero-order valence-corrected chi connectivity index (χ0v) is 18.2. The van der Waals surface area contributed by atoms with E-state index in [0.717, 1.165) is 50.9 Å². The first-order valence-corrected chi connectivity index (χ1v) is 11.6. The molecule has 2 aromatic rings. The molecule has 2 saturated heterocycles. The third-order valence-corrected chi connectivity index (χ3v) is 6.45. The largest absolute Gasteiger partial charge is 0.354 e. The van der Waals surface area contributed by atoms with E-state index in [1.54, 1.807) is 4.90 Å². The van der Waals surface area contributed by atoms with Crippen molar-refractivity contribution < 1.29 is 9.59 Å². The van der Waals surface area contributed by atoms with Gasteiger partial charge >= 0.3 is 0 Å². The van der Waals surface area contributed by atoms with Gasteiger partial charge in [-0.15, -0.1) is 0 Å². The van der Waals surface area contributed by atoms with Crippen molar-refractivity contribution in [2.24, 2.45) is 5.92 Å². The lowest BCUT2D eigenvalue weighted by atomic mass is 9.96. The number of carbonyl (C=O) groups is 2. The Morgan fingerprint density at radius 1 is 0.968 bits per heavy atom. The number of benzene rings is 2. The highest BCUT2D eigenvalue weighted by molar-refractivity contribution is 5.89. The lowest BCUT2D eigenvalue weighted by Gasteiger charge is -2.35. The van der Waals surface area contributed by atoms with E-state index >= 15 is 0 Å². The molecule has 2 aliphatic heterocycles. The van der Waals surface area contributed by atoms with E-state index in [1.807, 2.05) is 36.4 Å². The second-order valence-corrected chi connectivity index (χ2v) is 8.83. The van der Waals surface area contributed by atoms with E-state index < -0.39 is 6.04 Å². The molecule has 1 N–H and O–H groups in total. The minimum Gasteiger partial charge on any atom is -0.354 e. The van der Waals surface area contributed by atoms with Crippen LogP contribution < -0.4 is 5.32 Å². The predicted molar refractivity (Wildman–Crippen MR) is 122 cm³/mol. The van der Waals surface area contributed by atoms with Crippen molar-refractivity contribution in [3.05, 3.63) is 71.8 Å². The average molecular weight is 420 g/mol. The van der Waals surface area contributed by atoms with Crippen LogP contribution in [0.15, 0.2) is 60.7 Å². The van der Waals surface area contributed by atoms with Crippen LogP contribution >= 0.6 is 0 Å². The summed E-state index contributed by atoms with van der Waals surface area (Å²) in [6, 6.07) is 19.8. The average Bonchev–Trinajstić information content (AvgIpc) is 2.81. The van der Waals surface area contributed by atoms with Crippen molar-refractivity contribution in [2.45, 2.75) is 44.7 Å². The maximum Gasteiger partial charge on any atom is 0.247 e. The third-order valence-electron chi connectivity index (χ3n) is 6.45. The molecule has 5 heteroatoms. The van der Waals surface area contributed by atoms with Gasteiger partial charge in [0.2, 0.25) is 11.8 Å². The van der Waals surface area contributed by atoms with Crippen LogP contribution in [0, 0.1) is 5.92 Å². The summed E-state index contributed by atoms with van der Waals surface area (Å²) in [7, 11) is 0. The summed E-state index contributed by atoms with van der Waals surface area (Å²) >= 11 is 0. The van der Waals surface area contributed by atoms with Crippen LogP contribution in [0.1, 0.15) is 49.3 Å². The molecule has 2 unspecified atom stereocenters. The first-order valence-electron chi connectivity index (χ1n) is 11.6. The quantitative estimate of drug-likeness (QED) is 0.743. The van der Waals surface area contributed by atoms with Gasteiger partial charge in [0.05, 0.1) is 0 Å². The van der Waals surface area contributed by atoms with Crippen molar-refractivity contribution in [1.29, 1.82) is 0 Å². The van der Waals surface area contributed by atoms with Crippen molar-refractivity contribution in [2.75, 3.05) is 26.2 Å². The molecule has 5 nitrogen and oxygen atoms in total. The molecule has 2 atom stereocenters. The van der Waals surface area contributed by atoms with Gasteiger partial charge in [0.25, 0.3) is 0 Å². The van der Waals surface area contributed by atoms with Crippen LogP contribution in [0.25, 0.3) is 0 Å². The lowest BCUT2D eigenvalue weighted by Crippen LogP contribution is -2.47. The number of amides is 2. The van der Waals surface area contributed by atoms with E-state index in [9.17, 15) is 9.59 Å². The molecule has 2 heterocycles. The minimum atomic E-state index is -0.530. The first-order chi connectivity index (χ1) is 15.2. The Balaban J connectivity index is 1.37. The van der Waals surface area contributed by atoms with Gasteiger partial charge < -0.3 is 10.2 Å². The Kier molecular flexibility index (Phi) is 7.36. The van der Waals surface area contributed by atoms with Gasteiger partial charge in [0, 0.05) is 32.6 Å². The van der Waals surface area contributed by atoms with E-state index in [2.05, 4.69) is 34.5 Å². The summed E-state index contributed by atoms with van der Waals surface area (Å²) < 4.78 is 0. The van der Waals surface area contributed by atoms with E-state index in [1.165, 1.54) is 5.56 Å². The number of piperidine rings is 2. The Hall–Kier alpha value is -2.66. The topological polar surface area (TPSA) is 52.7 Å². The Morgan fingerprint density at radius 2 is 1.71 bits per heavy atom. The summed E-state index contributed by atoms with van der Waals surface area (Å²) in [4.78, 5) is 30.1. The van der Waals surface area contributed by atoms with Crippen molar-refractivity contribution in [3.8, 4) is 0 Å². The van der Waals surface area contributed by atoms with Crippen LogP contribution in [-0.2, 0) is 16.1 Å². The van der Waals surface area contributed by atoms with Gasteiger partial charge in [0.1, 0.15) is 6.04 Å². The van der Waals surface area contributed by atoms with Crippen LogP contribution in [-0.4, -0.2) is 47.8 Å². The summed E-state index contributed by atoms with van der Waals surface area (Å²) in [6.45, 7) is 4.37. The first kappa shape index (κ1) is 21.6. The number of rotatable bonds is 7. The molecule has 0 saturated carbocycles. The fourth-order valence-corrected chi connectivity index (χ4v) is 4.85. The number of nitrogens with one attached hydrogen (secondary N) is 1. The fraction of sp³-hybridized carbons (Fsp3) is 0.462. The SMILES string of the molecule is O=C(NCC1CCCN(Cc2ccccc2)C1)C(c1ccccc1)N1CCCCC1=O. The number of hydrogen-bond donors (Lipinski definition) is 1. The van der Waals surface area contributed by atoms with Gasteiger partial charge in [0.15, 0.2) is 0 Å². The molecule has 2 aliphatic rings. The monoisotopic (exact) mass is 419 g/mol. The highest BCUT2D eigenvalue weighted by Crippen LogP contribution is 2.26. The normalized spacial score (nSPS) is 21.0. The summed E-state index contributed by atoms with van der Waals surface area (Å²) in [5, 5.41) is 3.19. The Morgan fingerprint density at radius 3 is 2.45 bits per heavy atom. The molecule has 31 heavy (non-hydrogen) atoms. The smallest absolute Gasteiger partial charge is 0.247 e. The zero-order valence-electron chi connectivity index (χ0n) is 18.2. The van der Waals surface area contributed by atoms with Crippen LogP contribution in [0.5, 0.6) is 0 Å². The summed E-state index contributed by atoms with van der Waals surface area (Å²) in [5.74, 6) is 0.471. The molecule has 0 aromatic heterocycles. The zero-order chi connectivity index (χ0) is 21.5. The molecule has 2 aromatic carbocycles. The maximum absolute atomic E-state index is 13.3. The highest BCUT2D eigenvalue weighted by Gasteiger charge is 2.33. The number of likely N-dealkylation sites (tertiary alicyclic amines) is 2. The van der Waals surface area contributed by atoms with Crippen molar-refractivity contribution >= 4 is 11.8 Å². The Labute approximate surface area is 185 Å². The van der Waals surface area contributed by atoms with Gasteiger partial charge in [-0.3, -0.25) is 14.5 Å². The van der Waals surface area contributed by atoms with E-state index in [4.69, 9.17) is 0 Å². The minimum absolute atomic E-state index is 0.0540. The molecule has 2 amide bonds. The third kappa shape index (κ3) is 5.73. The number of nitrogens with zero attached hydrogens (tertiary/aromatic N) is 2. The Bertz CT molecular complexity index is 855. The highest BCUT2D eigenvalue weighted by atomic mass is 16.2. The lowest BCUT2D eigenvalue weighted by molar-refractivity contribution is -0.142. The number of hydrogen-bond acceptors (Lipinski definition) is 3. The summed E-state index contributed by atoms with van der Waals surface area (Å²) in [6.07, 6.45) is 4.69. The predicted octanol–water partition coefficient (Wildman–Crippen LogP) is 3.77. The van der Waals surface area contributed by atoms with Crippen molar-refractivity contribution in [1.82, 2.24) is 15.1 Å². The molecular formula is C26H33N3O2.